The molecule has 4 heteroatoms. The predicted molar refractivity (Wildman–Crippen MR) is 104 cm³/mol. The summed E-state index contributed by atoms with van der Waals surface area (Å²) in [4.78, 5) is 0. The maximum absolute atomic E-state index is 14.6. The van der Waals surface area contributed by atoms with Gasteiger partial charge in [-0.3, -0.25) is 0 Å². The molecule has 1 fully saturated rings. The van der Waals surface area contributed by atoms with Crippen molar-refractivity contribution in [3.8, 4) is 5.75 Å². The molecule has 0 saturated heterocycles. The molecule has 0 bridgehead atoms. The molecule has 27 heavy (non-hydrogen) atoms. The lowest BCUT2D eigenvalue weighted by Gasteiger charge is -2.33. The molecule has 3 rings (SSSR count). The Hall–Kier alpha value is -1.97. The van der Waals surface area contributed by atoms with Gasteiger partial charge in [-0.2, -0.15) is 8.78 Å². The Morgan fingerprint density at radius 2 is 1.85 bits per heavy atom. The molecule has 1 saturated carbocycles. The Balaban J connectivity index is 1.75. The van der Waals surface area contributed by atoms with E-state index in [4.69, 9.17) is 4.74 Å². The van der Waals surface area contributed by atoms with Crippen LogP contribution in [-0.4, -0.2) is 6.11 Å². The summed E-state index contributed by atoms with van der Waals surface area (Å²) in [7, 11) is 0. The van der Waals surface area contributed by atoms with E-state index in [0.717, 1.165) is 24.6 Å². The van der Waals surface area contributed by atoms with Gasteiger partial charge in [-0.05, 0) is 85.0 Å². The van der Waals surface area contributed by atoms with E-state index in [1.165, 1.54) is 12.1 Å². The van der Waals surface area contributed by atoms with Crippen LogP contribution in [0.4, 0.5) is 13.2 Å². The number of benzene rings is 2. The SMILES string of the molecule is C=CCCc1cc2ccc(OC(F)(F)C3CCC(CC)CC3)cc2cc1F. The fourth-order valence-electron chi connectivity index (χ4n) is 3.96. The minimum absolute atomic E-state index is 0.0864. The minimum Gasteiger partial charge on any atom is -0.432 e. The molecule has 1 aliphatic rings. The Labute approximate surface area is 159 Å². The highest BCUT2D eigenvalue weighted by molar-refractivity contribution is 5.84. The van der Waals surface area contributed by atoms with Crippen LogP contribution < -0.4 is 4.74 Å². The maximum atomic E-state index is 14.6. The van der Waals surface area contributed by atoms with Crippen molar-refractivity contribution in [2.75, 3.05) is 0 Å². The summed E-state index contributed by atoms with van der Waals surface area (Å²) in [5.74, 6) is -0.445. The topological polar surface area (TPSA) is 9.23 Å². The molecule has 0 amide bonds. The Bertz CT molecular complexity index is 792. The zero-order chi connectivity index (χ0) is 19.4. The Morgan fingerprint density at radius 1 is 1.11 bits per heavy atom. The van der Waals surface area contributed by atoms with Crippen LogP contribution in [0.25, 0.3) is 10.8 Å². The number of hydrogen-bond donors (Lipinski definition) is 0. The maximum Gasteiger partial charge on any atom is 0.400 e. The normalized spacial score (nSPS) is 20.6. The van der Waals surface area contributed by atoms with Gasteiger partial charge in [0.2, 0.25) is 0 Å². The molecule has 0 aliphatic heterocycles. The largest absolute Gasteiger partial charge is 0.432 e. The van der Waals surface area contributed by atoms with Gasteiger partial charge in [-0.1, -0.05) is 25.5 Å². The molecule has 0 radical (unpaired) electrons. The van der Waals surface area contributed by atoms with Crippen LogP contribution in [-0.2, 0) is 6.42 Å². The van der Waals surface area contributed by atoms with E-state index in [-0.39, 0.29) is 11.6 Å². The third-order valence-electron chi connectivity index (χ3n) is 5.75. The monoisotopic (exact) mass is 376 g/mol. The fraction of sp³-hybridized carbons (Fsp3) is 0.478. The van der Waals surface area contributed by atoms with Crippen LogP contribution in [0.15, 0.2) is 43.0 Å². The van der Waals surface area contributed by atoms with E-state index in [1.54, 1.807) is 24.3 Å². The van der Waals surface area contributed by atoms with Gasteiger partial charge in [-0.25, -0.2) is 4.39 Å². The molecule has 2 aromatic rings. The molecular weight excluding hydrogens is 349 g/mol. The summed E-state index contributed by atoms with van der Waals surface area (Å²) < 4.78 is 48.5. The molecule has 0 aromatic heterocycles. The lowest BCUT2D eigenvalue weighted by Crippen LogP contribution is -2.37. The van der Waals surface area contributed by atoms with Crippen molar-refractivity contribution in [2.24, 2.45) is 11.8 Å². The van der Waals surface area contributed by atoms with Crippen molar-refractivity contribution in [1.82, 2.24) is 0 Å². The highest BCUT2D eigenvalue weighted by Crippen LogP contribution is 2.41. The number of halogens is 3. The molecule has 0 unspecified atom stereocenters. The van der Waals surface area contributed by atoms with Gasteiger partial charge >= 0.3 is 6.11 Å². The number of alkyl halides is 2. The van der Waals surface area contributed by atoms with Crippen molar-refractivity contribution >= 4 is 10.8 Å². The van der Waals surface area contributed by atoms with Crippen molar-refractivity contribution < 1.29 is 17.9 Å². The molecule has 1 nitrogen and oxygen atoms in total. The molecule has 1 aliphatic carbocycles. The fourth-order valence-corrected chi connectivity index (χ4v) is 3.96. The van der Waals surface area contributed by atoms with E-state index in [1.807, 2.05) is 0 Å². The molecule has 0 atom stereocenters. The average Bonchev–Trinajstić information content (AvgIpc) is 2.66. The Kier molecular flexibility index (Phi) is 6.13. The van der Waals surface area contributed by atoms with Crippen LogP contribution >= 0.6 is 0 Å². The van der Waals surface area contributed by atoms with Gasteiger partial charge in [0, 0.05) is 0 Å². The van der Waals surface area contributed by atoms with Crippen molar-refractivity contribution in [3.63, 3.8) is 0 Å². The third kappa shape index (κ3) is 4.66. The predicted octanol–water partition coefficient (Wildman–Crippen LogP) is 7.29. The second kappa shape index (κ2) is 8.37. The second-order valence-electron chi connectivity index (χ2n) is 7.57. The minimum atomic E-state index is -3.20. The summed E-state index contributed by atoms with van der Waals surface area (Å²) in [5, 5.41) is 1.38. The number of fused-ring (bicyclic) bond motifs is 1. The molecule has 2 aromatic carbocycles. The zero-order valence-corrected chi connectivity index (χ0v) is 15.8. The van der Waals surface area contributed by atoms with Gasteiger partial charge in [-0.15, -0.1) is 6.58 Å². The number of ether oxygens (including phenoxy) is 1. The van der Waals surface area contributed by atoms with Crippen LogP contribution in [0.1, 0.15) is 51.0 Å². The van der Waals surface area contributed by atoms with Crippen LogP contribution in [0.2, 0.25) is 0 Å². The van der Waals surface area contributed by atoms with E-state index < -0.39 is 12.0 Å². The van der Waals surface area contributed by atoms with Crippen LogP contribution in [0, 0.1) is 17.7 Å². The lowest BCUT2D eigenvalue weighted by atomic mass is 9.80. The first-order valence-corrected chi connectivity index (χ1v) is 9.83. The van der Waals surface area contributed by atoms with Crippen molar-refractivity contribution in [3.05, 3.63) is 54.4 Å². The molecule has 0 heterocycles. The first kappa shape index (κ1) is 19.8. The smallest absolute Gasteiger partial charge is 0.400 e. The van der Waals surface area contributed by atoms with Gasteiger partial charge in [0.15, 0.2) is 0 Å². The van der Waals surface area contributed by atoms with Crippen molar-refractivity contribution in [1.29, 1.82) is 0 Å². The molecule has 0 spiro atoms. The lowest BCUT2D eigenvalue weighted by molar-refractivity contribution is -0.223. The van der Waals surface area contributed by atoms with Crippen molar-refractivity contribution in [2.45, 2.75) is 58.0 Å². The van der Waals surface area contributed by atoms with E-state index in [2.05, 4.69) is 13.5 Å². The van der Waals surface area contributed by atoms with E-state index in [9.17, 15) is 13.2 Å². The van der Waals surface area contributed by atoms with E-state index >= 15 is 0 Å². The standard InChI is InChI=1S/C23H27F3O/c1-3-5-6-18-13-17-9-12-21(14-19(17)15-22(18)24)27-23(25,26)20-10-7-16(4-2)8-11-20/h3,9,12-16,20H,1,4-8,10-11H2,2H3. The average molecular weight is 376 g/mol. The van der Waals surface area contributed by atoms with Crippen LogP contribution in [0.3, 0.4) is 0 Å². The highest BCUT2D eigenvalue weighted by atomic mass is 19.3. The summed E-state index contributed by atoms with van der Waals surface area (Å²) in [6, 6.07) is 7.92. The van der Waals surface area contributed by atoms with Gasteiger partial charge in [0.1, 0.15) is 11.6 Å². The third-order valence-corrected chi connectivity index (χ3v) is 5.75. The summed E-state index contributed by atoms with van der Waals surface area (Å²) >= 11 is 0. The van der Waals surface area contributed by atoms with Gasteiger partial charge in [0.05, 0.1) is 5.92 Å². The Morgan fingerprint density at radius 3 is 2.52 bits per heavy atom. The number of allylic oxidation sites excluding steroid dienone is 1. The number of aryl methyl sites for hydroxylation is 1. The highest BCUT2D eigenvalue weighted by Gasteiger charge is 2.43. The summed E-state index contributed by atoms with van der Waals surface area (Å²) in [6.07, 6.45) is 3.49. The molecule has 146 valence electrons. The number of hydrogen-bond acceptors (Lipinski definition) is 1. The zero-order valence-electron chi connectivity index (χ0n) is 15.8. The second-order valence-corrected chi connectivity index (χ2v) is 7.57. The summed E-state index contributed by atoms with van der Waals surface area (Å²) in [5.41, 5.74) is 0.606. The van der Waals surface area contributed by atoms with E-state index in [0.29, 0.717) is 42.6 Å². The quantitative estimate of drug-likeness (QED) is 0.461. The first-order chi connectivity index (χ1) is 12.9. The van der Waals surface area contributed by atoms with Gasteiger partial charge in [0.25, 0.3) is 0 Å². The van der Waals surface area contributed by atoms with Crippen LogP contribution in [0.5, 0.6) is 5.75 Å². The molecule has 0 N–H and O–H groups in total. The molecular formula is C23H27F3O. The first-order valence-electron chi connectivity index (χ1n) is 9.83. The summed E-state index contributed by atoms with van der Waals surface area (Å²) in [6.45, 7) is 5.76. The number of rotatable bonds is 7. The van der Waals surface area contributed by atoms with Gasteiger partial charge < -0.3 is 4.74 Å².